The van der Waals surface area contributed by atoms with Crippen molar-refractivity contribution in [3.05, 3.63) is 107 Å². The third-order valence-electron chi connectivity index (χ3n) is 6.86. The molecule has 0 saturated heterocycles. The van der Waals surface area contributed by atoms with Crippen LogP contribution in [0.5, 0.6) is 0 Å². The summed E-state index contributed by atoms with van der Waals surface area (Å²) in [6.45, 7) is 9.90. The van der Waals surface area contributed by atoms with Gasteiger partial charge in [-0.3, -0.25) is 10.1 Å². The maximum atomic E-state index is 13.7. The molecule has 3 aromatic carbocycles. The van der Waals surface area contributed by atoms with Crippen LogP contribution in [-0.2, 0) is 4.79 Å². The number of nitrogens with zero attached hydrogens (tertiary/aromatic N) is 4. The Hall–Kier alpha value is -4.89. The van der Waals surface area contributed by atoms with Gasteiger partial charge in [-0.2, -0.15) is 10.1 Å². The van der Waals surface area contributed by atoms with Gasteiger partial charge in [0.15, 0.2) is 5.58 Å². The number of hydrogen-bond acceptors (Lipinski definition) is 8. The number of anilines is 3. The van der Waals surface area contributed by atoms with Gasteiger partial charge in [-0.05, 0) is 61.7 Å². The molecule has 1 aliphatic heterocycles. The van der Waals surface area contributed by atoms with E-state index >= 15 is 0 Å². The molecule has 4 aromatic rings. The van der Waals surface area contributed by atoms with Gasteiger partial charge in [0, 0.05) is 34.4 Å². The van der Waals surface area contributed by atoms with Gasteiger partial charge in [0.25, 0.3) is 5.91 Å². The van der Waals surface area contributed by atoms with Gasteiger partial charge < -0.3 is 15.1 Å². The van der Waals surface area contributed by atoms with Crippen molar-refractivity contribution >= 4 is 58.2 Å². The molecule has 0 radical (unpaired) electrons. The average molecular weight is 582 g/mol. The second kappa shape index (κ2) is 12.7. The smallest absolute Gasteiger partial charge is 0.302 e. The molecule has 1 amide bonds. The minimum absolute atomic E-state index is 0.281. The number of aliphatic imine (C=N–C) groups is 1. The summed E-state index contributed by atoms with van der Waals surface area (Å²) in [6.07, 6.45) is 4.54. The van der Waals surface area contributed by atoms with Crippen LogP contribution in [-0.4, -0.2) is 23.1 Å². The summed E-state index contributed by atoms with van der Waals surface area (Å²) in [5, 5.41) is 16.0. The van der Waals surface area contributed by atoms with E-state index in [-0.39, 0.29) is 11.9 Å². The fourth-order valence-electron chi connectivity index (χ4n) is 4.39. The van der Waals surface area contributed by atoms with Gasteiger partial charge >= 0.3 is 6.01 Å². The lowest BCUT2D eigenvalue weighted by atomic mass is 9.95. The Labute approximate surface area is 249 Å². The van der Waals surface area contributed by atoms with Gasteiger partial charge in [0.1, 0.15) is 11.6 Å². The minimum Gasteiger partial charge on any atom is -0.423 e. The predicted octanol–water partition coefficient (Wildman–Crippen LogP) is 7.49. The van der Waals surface area contributed by atoms with Gasteiger partial charge in [-0.25, -0.2) is 10.0 Å². The first-order chi connectivity index (χ1) is 20.4. The number of allylic oxidation sites excluding steroid dienone is 1. The first-order valence-electron chi connectivity index (χ1n) is 13.7. The van der Waals surface area contributed by atoms with E-state index in [0.717, 1.165) is 17.6 Å². The summed E-state index contributed by atoms with van der Waals surface area (Å²) >= 11 is 6.59. The second-order valence-electron chi connectivity index (χ2n) is 9.86. The number of para-hydroxylation sites is 2. The zero-order chi connectivity index (χ0) is 29.6. The molecule has 10 heteroatoms. The van der Waals surface area contributed by atoms with Crippen LogP contribution in [0.3, 0.4) is 0 Å². The van der Waals surface area contributed by atoms with E-state index in [0.29, 0.717) is 45.0 Å². The normalized spacial score (nSPS) is 15.7. The fraction of sp³-hybridized carbons (Fsp3) is 0.188. The molecule has 3 N–H and O–H groups in total. The summed E-state index contributed by atoms with van der Waals surface area (Å²) in [4.78, 5) is 23.0. The Morgan fingerprint density at radius 3 is 2.62 bits per heavy atom. The summed E-state index contributed by atoms with van der Waals surface area (Å²) in [6, 6.07) is 21.8. The number of amides is 1. The number of benzene rings is 3. The minimum atomic E-state index is -0.683. The van der Waals surface area contributed by atoms with Gasteiger partial charge in [-0.15, -0.1) is 0 Å². The van der Waals surface area contributed by atoms with Crippen molar-refractivity contribution in [2.24, 2.45) is 16.0 Å². The highest BCUT2D eigenvalue weighted by molar-refractivity contribution is 6.31. The molecule has 5 rings (SSSR count). The fourth-order valence-corrected chi connectivity index (χ4v) is 4.63. The number of halogens is 1. The molecule has 9 nitrogen and oxygen atoms in total. The zero-order valence-corrected chi connectivity index (χ0v) is 24.4. The van der Waals surface area contributed by atoms with Crippen molar-refractivity contribution in [1.29, 1.82) is 0 Å². The molecule has 1 aromatic heterocycles. The maximum absolute atomic E-state index is 13.7. The summed E-state index contributed by atoms with van der Waals surface area (Å²) in [7, 11) is 0. The topological polar surface area (TPSA) is 107 Å². The second-order valence-corrected chi connectivity index (χ2v) is 10.3. The number of carbonyl (C=O) groups excluding carboxylic acids is 1. The van der Waals surface area contributed by atoms with Crippen LogP contribution in [0, 0.1) is 5.92 Å². The molecule has 0 saturated carbocycles. The van der Waals surface area contributed by atoms with Gasteiger partial charge in [0.2, 0.25) is 5.96 Å². The highest BCUT2D eigenvalue weighted by atomic mass is 35.5. The molecule has 214 valence electrons. The van der Waals surface area contributed by atoms with Gasteiger partial charge in [0.05, 0.1) is 11.3 Å². The molecule has 1 aliphatic rings. The van der Waals surface area contributed by atoms with Crippen LogP contribution in [0.1, 0.15) is 38.8 Å². The average Bonchev–Trinajstić information content (AvgIpc) is 3.40. The summed E-state index contributed by atoms with van der Waals surface area (Å²) < 4.78 is 5.81. The largest absolute Gasteiger partial charge is 0.423 e. The number of guanidine groups is 1. The molecule has 2 atom stereocenters. The van der Waals surface area contributed by atoms with E-state index in [1.54, 1.807) is 17.3 Å². The Balaban J connectivity index is 1.39. The van der Waals surface area contributed by atoms with Crippen molar-refractivity contribution < 1.29 is 9.21 Å². The molecule has 42 heavy (non-hydrogen) atoms. The standard InChI is InChI=1S/C32H32ClN7O2/c1-5-20(3)19-34-40(6-2)23-17-15-22(16-18-23)36-30(41)28-21(4)35-31(38-29(28)24-11-7-8-12-25(24)33)39-32-37-26-13-9-10-14-27(26)42-32/h6-20,29H,2,5H2,1,3-4H3,(H,36,41)(H2,35,37,38,39)/b34-19-. The molecule has 0 bridgehead atoms. The molecule has 0 aliphatic carbocycles. The highest BCUT2D eigenvalue weighted by Gasteiger charge is 2.31. The van der Waals surface area contributed by atoms with Crippen molar-refractivity contribution in [1.82, 2.24) is 10.3 Å². The molecule has 2 heterocycles. The SMILES string of the molecule is C=CN(/N=C\C(C)CC)c1ccc(NC(=O)C2=C(C)NC(Nc3nc4ccccc4o3)=NC2c2ccccc2Cl)cc1. The lowest BCUT2D eigenvalue weighted by Crippen LogP contribution is -2.37. The van der Waals surface area contributed by atoms with Crippen LogP contribution in [0.4, 0.5) is 17.4 Å². The van der Waals surface area contributed by atoms with E-state index in [4.69, 9.17) is 21.0 Å². The number of oxazole rings is 1. The van der Waals surface area contributed by atoms with E-state index in [1.165, 1.54) is 0 Å². The molecule has 0 spiro atoms. The van der Waals surface area contributed by atoms with Crippen molar-refractivity contribution in [2.45, 2.75) is 33.2 Å². The number of hydrazone groups is 1. The molecular formula is C32H32ClN7O2. The zero-order valence-electron chi connectivity index (χ0n) is 23.6. The maximum Gasteiger partial charge on any atom is 0.302 e. The van der Waals surface area contributed by atoms with Crippen LogP contribution < -0.4 is 21.0 Å². The number of hydrogen-bond donors (Lipinski definition) is 3. The lowest BCUT2D eigenvalue weighted by molar-refractivity contribution is -0.113. The van der Waals surface area contributed by atoms with E-state index in [2.05, 4.69) is 46.5 Å². The van der Waals surface area contributed by atoms with Crippen LogP contribution in [0.2, 0.25) is 5.02 Å². The van der Waals surface area contributed by atoms with Crippen molar-refractivity contribution in [2.75, 3.05) is 15.6 Å². The first-order valence-corrected chi connectivity index (χ1v) is 14.0. The highest BCUT2D eigenvalue weighted by Crippen LogP contribution is 2.35. The third-order valence-corrected chi connectivity index (χ3v) is 7.20. The predicted molar refractivity (Wildman–Crippen MR) is 171 cm³/mol. The molecule has 0 fully saturated rings. The van der Waals surface area contributed by atoms with Crippen LogP contribution in [0.15, 0.2) is 111 Å². The van der Waals surface area contributed by atoms with Crippen molar-refractivity contribution in [3.63, 3.8) is 0 Å². The van der Waals surface area contributed by atoms with E-state index in [9.17, 15) is 4.79 Å². The monoisotopic (exact) mass is 581 g/mol. The number of rotatable bonds is 9. The Bertz CT molecular complexity index is 1660. The Kier molecular flexibility index (Phi) is 8.68. The number of carbonyl (C=O) groups is 1. The first kappa shape index (κ1) is 28.6. The summed E-state index contributed by atoms with van der Waals surface area (Å²) in [5.74, 6) is 0.427. The van der Waals surface area contributed by atoms with E-state index in [1.807, 2.05) is 79.9 Å². The molecular weight excluding hydrogens is 550 g/mol. The lowest BCUT2D eigenvalue weighted by Gasteiger charge is -2.27. The number of nitrogens with one attached hydrogen (secondary N) is 3. The Morgan fingerprint density at radius 2 is 1.90 bits per heavy atom. The van der Waals surface area contributed by atoms with E-state index < -0.39 is 6.04 Å². The number of fused-ring (bicyclic) bond motifs is 1. The molecule has 2 unspecified atom stereocenters. The van der Waals surface area contributed by atoms with Gasteiger partial charge in [-0.1, -0.05) is 62.4 Å². The van der Waals surface area contributed by atoms with Crippen LogP contribution >= 0.6 is 11.6 Å². The quantitative estimate of drug-likeness (QED) is 0.140. The van der Waals surface area contributed by atoms with Crippen molar-refractivity contribution in [3.8, 4) is 0 Å². The summed E-state index contributed by atoms with van der Waals surface area (Å²) in [5.41, 5.74) is 4.55. The Morgan fingerprint density at radius 1 is 1.17 bits per heavy atom. The van der Waals surface area contributed by atoms with Crippen LogP contribution in [0.25, 0.3) is 11.1 Å². The third kappa shape index (κ3) is 6.37. The number of aromatic nitrogens is 1.